The van der Waals surface area contributed by atoms with Crippen molar-refractivity contribution in [3.8, 4) is 0 Å². The maximum Gasteiger partial charge on any atom is 0.245 e. The molecule has 0 radical (unpaired) electrons. The molecule has 1 aliphatic heterocycles. The van der Waals surface area contributed by atoms with Gasteiger partial charge in [0.1, 0.15) is 30.2 Å². The van der Waals surface area contributed by atoms with Crippen LogP contribution in [0.15, 0.2) is 34.9 Å². The third-order valence-electron chi connectivity index (χ3n) is 9.90. The molecule has 1 heterocycles. The molecule has 1 rings (SSSR count). The maximum absolute atomic E-state index is 14.1. The second kappa shape index (κ2) is 31.9. The van der Waals surface area contributed by atoms with Crippen LogP contribution in [0.2, 0.25) is 0 Å². The quantitative estimate of drug-likeness (QED) is 0.0342. The van der Waals surface area contributed by atoms with Gasteiger partial charge in [-0.1, -0.05) is 16.7 Å². The minimum Gasteiger partial charge on any atom is -0.756 e. The number of hydrogen-bond acceptors (Lipinski definition) is 17. The molecule has 5 atom stereocenters. The fourth-order valence-electron chi connectivity index (χ4n) is 6.06. The summed E-state index contributed by atoms with van der Waals surface area (Å²) in [7, 11) is 0. The summed E-state index contributed by atoms with van der Waals surface area (Å²) in [6, 6.07) is -8.52. The van der Waals surface area contributed by atoms with E-state index in [4.69, 9.17) is 15.3 Å². The molecule has 0 aliphatic carbocycles. The van der Waals surface area contributed by atoms with Crippen LogP contribution in [0.5, 0.6) is 0 Å². The average Bonchev–Trinajstić information content (AvgIpc) is 3.27. The van der Waals surface area contributed by atoms with Crippen LogP contribution in [0, 0.1) is 15.6 Å². The lowest BCUT2D eigenvalue weighted by atomic mass is 10.0. The lowest BCUT2D eigenvalue weighted by molar-refractivity contribution is -0.136. The first-order chi connectivity index (χ1) is 31.7. The number of hydroxylamine groups is 6. The highest BCUT2D eigenvalue weighted by atomic mass is 16.5. The minimum absolute atomic E-state index is 0.0523. The Morgan fingerprint density at radius 3 is 1.09 bits per heavy atom. The first-order valence-corrected chi connectivity index (χ1v) is 21.5. The highest BCUT2D eigenvalue weighted by Gasteiger charge is 2.33. The Bertz CT molecular complexity index is 1790. The van der Waals surface area contributed by atoms with Crippen LogP contribution in [0.1, 0.15) is 78.6 Å². The Morgan fingerprint density at radius 2 is 0.776 bits per heavy atom. The fraction of sp³-hybridized carbons (Fsp3) is 0.634. The molecule has 0 bridgehead atoms. The molecule has 0 aromatic heterocycles. The fourth-order valence-corrected chi connectivity index (χ4v) is 6.06. The summed E-state index contributed by atoms with van der Waals surface area (Å²) in [5, 5.41) is 98.8. The predicted molar refractivity (Wildman–Crippen MR) is 236 cm³/mol. The van der Waals surface area contributed by atoms with Crippen molar-refractivity contribution < 1.29 is 68.7 Å². The van der Waals surface area contributed by atoms with E-state index in [0.717, 1.165) is 18.2 Å². The Labute approximate surface area is 387 Å². The van der Waals surface area contributed by atoms with Gasteiger partial charge in [0.2, 0.25) is 53.2 Å². The number of aliphatic hydroxyl groups excluding tert-OH is 5. The maximum atomic E-state index is 14.1. The summed E-state index contributed by atoms with van der Waals surface area (Å²) in [6.07, 6.45) is 1.36. The molecule has 67 heavy (non-hydrogen) atoms. The van der Waals surface area contributed by atoms with Crippen LogP contribution in [-0.4, -0.2) is 183 Å². The highest BCUT2D eigenvalue weighted by Crippen LogP contribution is 2.11. The standard InChI is InChI=1S/C41H64N9O17/c1-25(10-16-51)19-34(57)48(65)13-4-7-28-37(60)42-22-33(56)43-31(23-54)40(63)47-32(24-55)41(64)46-30(9-6-15-50(67)36(59)21-27(3)12-18-53)39(62)45-29(38(61)44-28)8-5-14-49(66)35(58)20-26(2)11-17-52/h19-21,28-32,51-55H,4-18,22-24H2,1-3H3,(H,42,60)(H,43,56)(H,44,61)(H,45,62)(H,46,64)(H,47,63)/q-3/b25-19-,26-20-,27-21-/t28-,29-,30-,31-,32-/m0/s1. The van der Waals surface area contributed by atoms with Crippen molar-refractivity contribution >= 4 is 53.2 Å². The highest BCUT2D eigenvalue weighted by molar-refractivity contribution is 5.98. The van der Waals surface area contributed by atoms with Gasteiger partial charge in [0.05, 0.1) is 19.8 Å². The first kappa shape index (κ1) is 59.1. The molecule has 26 heteroatoms. The van der Waals surface area contributed by atoms with Crippen LogP contribution in [-0.2, 0) is 43.2 Å². The second-order valence-corrected chi connectivity index (χ2v) is 15.6. The molecular weight excluding hydrogens is 890 g/mol. The van der Waals surface area contributed by atoms with Gasteiger partial charge in [-0.3, -0.25) is 43.2 Å². The summed E-state index contributed by atoms with van der Waals surface area (Å²) in [5.41, 5.74) is 1.20. The van der Waals surface area contributed by atoms with Gasteiger partial charge in [-0.05, 0) is 78.6 Å². The Balaban J connectivity index is 3.69. The van der Waals surface area contributed by atoms with E-state index < -0.39 is 136 Å². The number of hydrogen-bond donors (Lipinski definition) is 11. The predicted octanol–water partition coefficient (Wildman–Crippen LogP) is -4.17. The third-order valence-corrected chi connectivity index (χ3v) is 9.90. The summed E-state index contributed by atoms with van der Waals surface area (Å²) >= 11 is 0. The average molecular weight is 955 g/mol. The smallest absolute Gasteiger partial charge is 0.245 e. The lowest BCUT2D eigenvalue weighted by Crippen LogP contribution is -2.61. The summed E-state index contributed by atoms with van der Waals surface area (Å²) in [5.74, 6) is -9.62. The molecule has 0 aromatic rings. The van der Waals surface area contributed by atoms with Crippen LogP contribution < -0.4 is 31.9 Å². The van der Waals surface area contributed by atoms with Crippen molar-refractivity contribution in [1.82, 2.24) is 47.1 Å². The molecule has 0 aromatic carbocycles. The van der Waals surface area contributed by atoms with Crippen molar-refractivity contribution in [2.24, 2.45) is 0 Å². The zero-order valence-corrected chi connectivity index (χ0v) is 37.8. The third kappa shape index (κ3) is 22.9. The molecule has 1 aliphatic rings. The first-order valence-electron chi connectivity index (χ1n) is 21.5. The van der Waals surface area contributed by atoms with E-state index in [1.54, 1.807) is 0 Å². The van der Waals surface area contributed by atoms with E-state index >= 15 is 0 Å². The number of rotatable bonds is 23. The van der Waals surface area contributed by atoms with E-state index in [-0.39, 0.29) is 80.0 Å². The zero-order valence-electron chi connectivity index (χ0n) is 37.8. The van der Waals surface area contributed by atoms with Crippen molar-refractivity contribution in [1.29, 1.82) is 0 Å². The number of nitrogens with one attached hydrogen (secondary N) is 6. The Morgan fingerprint density at radius 1 is 0.493 bits per heavy atom. The molecule has 11 N–H and O–H groups in total. The monoisotopic (exact) mass is 954 g/mol. The summed E-state index contributed by atoms with van der Waals surface area (Å²) in [4.78, 5) is 118. The number of amides is 9. The number of aliphatic hydroxyl groups is 5. The van der Waals surface area contributed by atoms with Crippen molar-refractivity contribution in [2.45, 2.75) is 109 Å². The lowest BCUT2D eigenvalue weighted by Gasteiger charge is -2.30. The molecule has 378 valence electrons. The van der Waals surface area contributed by atoms with Crippen molar-refractivity contribution in [3.63, 3.8) is 0 Å². The van der Waals surface area contributed by atoms with E-state index in [1.165, 1.54) is 20.8 Å². The van der Waals surface area contributed by atoms with E-state index in [9.17, 15) is 69.0 Å². The molecular formula is C41H64N9O17-3. The normalized spacial score (nSPS) is 20.8. The van der Waals surface area contributed by atoms with Gasteiger partial charge < -0.3 is 88.2 Å². The van der Waals surface area contributed by atoms with Gasteiger partial charge in [0.15, 0.2) is 0 Å². The SMILES string of the molecule is C/C(=C/C(=O)N([O-])CCC[C@@H]1NC(=O)[C@H](CCCN([O-])C(=O)/C=C(/C)CCO)NC(=O)[C@H](CCCN([O-])C(=O)/C=C(/C)CCO)NC(=O)[C@H](CO)NC(=O)[C@H](CO)NC(=O)CNC1=O)CCO. The van der Waals surface area contributed by atoms with Gasteiger partial charge >= 0.3 is 0 Å². The molecule has 9 amide bonds. The van der Waals surface area contributed by atoms with Crippen LogP contribution in [0.25, 0.3) is 0 Å². The van der Waals surface area contributed by atoms with E-state index in [2.05, 4.69) is 31.9 Å². The van der Waals surface area contributed by atoms with Gasteiger partial charge in [0, 0.05) is 57.7 Å². The van der Waals surface area contributed by atoms with Gasteiger partial charge in [0.25, 0.3) is 0 Å². The van der Waals surface area contributed by atoms with E-state index in [0.29, 0.717) is 16.7 Å². The van der Waals surface area contributed by atoms with Crippen molar-refractivity contribution in [2.75, 3.05) is 59.2 Å². The van der Waals surface area contributed by atoms with Crippen LogP contribution in [0.3, 0.4) is 0 Å². The Hall–Kier alpha value is -5.87. The summed E-state index contributed by atoms with van der Waals surface area (Å²) in [6.45, 7) is -0.871. The topological polar surface area (TPSA) is 406 Å². The van der Waals surface area contributed by atoms with E-state index in [1.807, 2.05) is 0 Å². The number of carbonyl (C=O) groups is 9. The molecule has 1 saturated heterocycles. The molecule has 26 nitrogen and oxygen atoms in total. The van der Waals surface area contributed by atoms with Gasteiger partial charge in [-0.2, -0.15) is 0 Å². The van der Waals surface area contributed by atoms with Crippen LogP contribution in [0.4, 0.5) is 0 Å². The second-order valence-electron chi connectivity index (χ2n) is 15.6. The number of nitrogens with zero attached hydrogens (tertiary/aromatic N) is 3. The van der Waals surface area contributed by atoms with Crippen LogP contribution >= 0.6 is 0 Å². The molecule has 0 unspecified atom stereocenters. The largest absolute Gasteiger partial charge is 0.756 e. The minimum atomic E-state index is -1.82. The molecule has 0 spiro atoms. The van der Waals surface area contributed by atoms with Gasteiger partial charge in [-0.15, -0.1) is 0 Å². The van der Waals surface area contributed by atoms with Crippen molar-refractivity contribution in [3.05, 3.63) is 50.6 Å². The zero-order chi connectivity index (χ0) is 50.6. The molecule has 1 fully saturated rings. The Kier molecular flexibility index (Phi) is 28.2. The summed E-state index contributed by atoms with van der Waals surface area (Å²) < 4.78 is 0. The van der Waals surface area contributed by atoms with Gasteiger partial charge in [-0.25, -0.2) is 0 Å². The number of carbonyl (C=O) groups excluding carboxylic acids is 9. The molecule has 0 saturated carbocycles.